The van der Waals surface area contributed by atoms with Crippen LogP contribution in [0.15, 0.2) is 24.3 Å². The predicted octanol–water partition coefficient (Wildman–Crippen LogP) is 2.39. The van der Waals surface area contributed by atoms with E-state index in [0.29, 0.717) is 24.3 Å². The molecule has 0 aromatic heterocycles. The molecule has 1 N–H and O–H groups in total. The van der Waals surface area contributed by atoms with Gasteiger partial charge in [0, 0.05) is 7.04 Å². The maximum atomic E-state index is 12.4. The van der Waals surface area contributed by atoms with Gasteiger partial charge >= 0.3 is 6.18 Å². The Balaban J connectivity index is 3.13. The summed E-state index contributed by atoms with van der Waals surface area (Å²) < 4.78 is 83.7. The number of ether oxygens (including phenoxy) is 1. The molecule has 1 atom stereocenters. The zero-order valence-electron chi connectivity index (χ0n) is 13.3. The molecule has 0 saturated heterocycles. The molecule has 0 saturated carbocycles. The van der Waals surface area contributed by atoms with E-state index >= 15 is 0 Å². The number of alkyl halides is 3. The summed E-state index contributed by atoms with van der Waals surface area (Å²) in [5, 5.41) is 9.81. The average Bonchev–Trinajstić information content (AvgIpc) is 2.24. The molecule has 0 fully saturated rings. The lowest BCUT2D eigenvalue weighted by atomic mass is 10.1. The number of benzene rings is 1. The van der Waals surface area contributed by atoms with Crippen molar-refractivity contribution in [3.63, 3.8) is 0 Å². The number of hydrogen-bond donors (Lipinski definition) is 1. The molecule has 0 radical (unpaired) electrons. The largest absolute Gasteiger partial charge is 0.416 e. The lowest BCUT2D eigenvalue weighted by molar-refractivity contribution is -0.137. The maximum absolute atomic E-state index is 12.4. The molecule has 0 spiro atoms. The predicted molar refractivity (Wildman–Crippen MR) is 48.3 cm³/mol. The highest BCUT2D eigenvalue weighted by atomic mass is 19.4. The van der Waals surface area contributed by atoms with Gasteiger partial charge in [-0.2, -0.15) is 13.2 Å². The van der Waals surface area contributed by atoms with Crippen molar-refractivity contribution in [2.75, 3.05) is 13.6 Å². The van der Waals surface area contributed by atoms with Gasteiger partial charge in [-0.25, -0.2) is 0 Å². The van der Waals surface area contributed by atoms with E-state index in [9.17, 15) is 18.3 Å². The van der Waals surface area contributed by atoms with Gasteiger partial charge in [0.2, 0.25) is 0 Å². The van der Waals surface area contributed by atoms with Gasteiger partial charge in [-0.05, 0) is 17.7 Å². The SMILES string of the molecule is [2H]C([2H])([2H])OC([2H])([2H])[C@@]([2H])(O)c1ccc(C(F)(F)F)cc1. The molecule has 1 aromatic carbocycles. The quantitative estimate of drug-likeness (QED) is 0.857. The molecule has 0 aliphatic heterocycles. The average molecular weight is 226 g/mol. The fraction of sp³-hybridized carbons (Fsp3) is 0.400. The van der Waals surface area contributed by atoms with Crippen LogP contribution in [0.5, 0.6) is 0 Å². The van der Waals surface area contributed by atoms with E-state index in [1.54, 1.807) is 0 Å². The number of methoxy groups -OCH3 is 1. The summed E-state index contributed by atoms with van der Waals surface area (Å²) in [6.07, 6.45) is -7.83. The second-order valence-corrected chi connectivity index (χ2v) is 2.63. The highest BCUT2D eigenvalue weighted by Gasteiger charge is 2.30. The summed E-state index contributed by atoms with van der Waals surface area (Å²) in [7, 11) is -3.23. The van der Waals surface area contributed by atoms with Gasteiger partial charge in [0.25, 0.3) is 0 Å². The van der Waals surface area contributed by atoms with Crippen LogP contribution in [0.1, 0.15) is 25.4 Å². The molecule has 1 rings (SSSR count). The first kappa shape index (κ1) is 5.86. The number of rotatable bonds is 3. The van der Waals surface area contributed by atoms with E-state index in [1.807, 2.05) is 0 Å². The molecule has 5 heteroatoms. The van der Waals surface area contributed by atoms with E-state index in [2.05, 4.69) is 4.74 Å². The normalized spacial score (nSPS) is 23.7. The maximum Gasteiger partial charge on any atom is 0.416 e. The molecular weight excluding hydrogens is 209 g/mol. The Hall–Kier alpha value is -1.07. The van der Waals surface area contributed by atoms with Crippen LogP contribution in [-0.2, 0) is 10.9 Å². The van der Waals surface area contributed by atoms with Crippen molar-refractivity contribution in [2.24, 2.45) is 0 Å². The van der Waals surface area contributed by atoms with Crippen molar-refractivity contribution in [2.45, 2.75) is 12.3 Å². The van der Waals surface area contributed by atoms with E-state index < -0.39 is 37.0 Å². The molecule has 0 unspecified atom stereocenters. The number of aliphatic hydroxyl groups is 1. The Morgan fingerprint density at radius 2 is 2.13 bits per heavy atom. The zero-order valence-corrected chi connectivity index (χ0v) is 7.30. The summed E-state index contributed by atoms with van der Waals surface area (Å²) >= 11 is 0. The molecule has 2 nitrogen and oxygen atoms in total. The van der Waals surface area contributed by atoms with Crippen molar-refractivity contribution >= 4 is 0 Å². The smallest absolute Gasteiger partial charge is 0.386 e. The van der Waals surface area contributed by atoms with Crippen LogP contribution in [0.3, 0.4) is 0 Å². The summed E-state index contributed by atoms with van der Waals surface area (Å²) in [5.74, 6) is 0. The van der Waals surface area contributed by atoms with Gasteiger partial charge in [0.15, 0.2) is 0 Å². The number of hydrogen-bond acceptors (Lipinski definition) is 2. The molecular formula is C10H11F3O2. The van der Waals surface area contributed by atoms with Crippen LogP contribution in [-0.4, -0.2) is 18.7 Å². The van der Waals surface area contributed by atoms with Crippen LogP contribution in [0.2, 0.25) is 0 Å². The third kappa shape index (κ3) is 3.21. The molecule has 0 amide bonds. The van der Waals surface area contributed by atoms with Crippen molar-refractivity contribution in [3.8, 4) is 0 Å². The fourth-order valence-electron chi connectivity index (χ4n) is 0.924. The molecule has 0 aliphatic rings. The Bertz CT molecular complexity index is 495. The summed E-state index contributed by atoms with van der Waals surface area (Å²) in [4.78, 5) is 0. The lowest BCUT2D eigenvalue weighted by Gasteiger charge is -2.11. The van der Waals surface area contributed by atoms with Crippen molar-refractivity contribution < 1.29 is 31.2 Å². The minimum Gasteiger partial charge on any atom is -0.386 e. The first-order valence-corrected chi connectivity index (χ1v) is 3.77. The van der Waals surface area contributed by atoms with Crippen molar-refractivity contribution in [3.05, 3.63) is 35.4 Å². The molecule has 0 bridgehead atoms. The minimum absolute atomic E-state index is 0.542. The summed E-state index contributed by atoms with van der Waals surface area (Å²) in [5.41, 5.74) is -1.64. The first-order valence-electron chi connectivity index (χ1n) is 6.77. The minimum atomic E-state index is -4.63. The van der Waals surface area contributed by atoms with E-state index in [1.165, 1.54) is 0 Å². The van der Waals surface area contributed by atoms with E-state index in [-0.39, 0.29) is 0 Å². The third-order valence-corrected chi connectivity index (χ3v) is 1.63. The van der Waals surface area contributed by atoms with Crippen molar-refractivity contribution in [1.29, 1.82) is 0 Å². The highest BCUT2D eigenvalue weighted by molar-refractivity contribution is 5.25. The van der Waals surface area contributed by atoms with Gasteiger partial charge in [-0.3, -0.25) is 0 Å². The Labute approximate surface area is 93.7 Å². The van der Waals surface area contributed by atoms with Gasteiger partial charge in [0.1, 0.15) is 6.08 Å². The molecule has 1 aromatic rings. The van der Waals surface area contributed by atoms with Gasteiger partial charge in [-0.15, -0.1) is 0 Å². The fourth-order valence-corrected chi connectivity index (χ4v) is 0.924. The Morgan fingerprint density at radius 1 is 1.53 bits per heavy atom. The summed E-state index contributed by atoms with van der Waals surface area (Å²) in [6, 6.07) is 2.44. The molecule has 0 aliphatic carbocycles. The van der Waals surface area contributed by atoms with Gasteiger partial charge in [0.05, 0.1) is 20.3 Å². The van der Waals surface area contributed by atoms with Gasteiger partial charge < -0.3 is 9.84 Å². The van der Waals surface area contributed by atoms with Crippen LogP contribution in [0, 0.1) is 0 Å². The number of halogens is 3. The zero-order chi connectivity index (χ0) is 16.7. The molecule has 0 heterocycles. The third-order valence-electron chi connectivity index (χ3n) is 1.63. The van der Waals surface area contributed by atoms with E-state index in [0.717, 1.165) is 0 Å². The van der Waals surface area contributed by atoms with E-state index in [4.69, 9.17) is 8.22 Å². The topological polar surface area (TPSA) is 29.5 Å². The lowest BCUT2D eigenvalue weighted by Crippen LogP contribution is -2.07. The molecule has 84 valence electrons. The molecule has 15 heavy (non-hydrogen) atoms. The van der Waals surface area contributed by atoms with Crippen LogP contribution < -0.4 is 0 Å². The van der Waals surface area contributed by atoms with Crippen molar-refractivity contribution in [1.82, 2.24) is 0 Å². The second-order valence-electron chi connectivity index (χ2n) is 2.63. The van der Waals surface area contributed by atoms with Crippen LogP contribution in [0.4, 0.5) is 13.2 Å². The monoisotopic (exact) mass is 226 g/mol. The Morgan fingerprint density at radius 3 is 2.60 bits per heavy atom. The second kappa shape index (κ2) is 4.63. The summed E-state index contributed by atoms with van der Waals surface area (Å²) in [6.45, 7) is -3.36. The first-order chi connectivity index (χ1) is 9.17. The standard InChI is InChI=1S/C10H11F3O2/c1-15-6-9(14)7-2-4-8(5-3-7)10(11,12)13/h2-5,9,14H,6H2,1H3/t9-/m1/s1/i1D3,6D2,9D. The highest BCUT2D eigenvalue weighted by Crippen LogP contribution is 2.29. The van der Waals surface area contributed by atoms with Crippen LogP contribution >= 0.6 is 0 Å². The Kier molecular flexibility index (Phi) is 1.81. The van der Waals surface area contributed by atoms with Gasteiger partial charge in [-0.1, -0.05) is 12.1 Å². The van der Waals surface area contributed by atoms with Crippen LogP contribution in [0.25, 0.3) is 0 Å².